The molecule has 0 aliphatic carbocycles. The van der Waals surface area contributed by atoms with E-state index in [9.17, 15) is 10.1 Å². The van der Waals surface area contributed by atoms with Crippen LogP contribution in [-0.2, 0) is 6.54 Å². The van der Waals surface area contributed by atoms with Crippen molar-refractivity contribution in [1.82, 2.24) is 25.1 Å². The number of non-ortho nitro benzene ring substituents is 1. The first-order valence-electron chi connectivity index (χ1n) is 7.47. The highest BCUT2D eigenvalue weighted by Gasteiger charge is 2.12. The van der Waals surface area contributed by atoms with Crippen molar-refractivity contribution in [3.05, 3.63) is 34.4 Å². The summed E-state index contributed by atoms with van der Waals surface area (Å²) in [6, 6.07) is 6.18. The summed E-state index contributed by atoms with van der Waals surface area (Å²) < 4.78 is 0. The fourth-order valence-corrected chi connectivity index (χ4v) is 2.60. The van der Waals surface area contributed by atoms with Crippen LogP contribution in [0.5, 0.6) is 0 Å². The van der Waals surface area contributed by atoms with Gasteiger partial charge in [-0.1, -0.05) is 6.42 Å². The van der Waals surface area contributed by atoms with Crippen LogP contribution >= 0.6 is 12.4 Å². The summed E-state index contributed by atoms with van der Waals surface area (Å²) in [7, 11) is 0. The molecule has 0 unspecified atom stereocenters. The SMILES string of the molecule is Cl.O=[N+]([O-])c1ccc(-c2nnn(CCN3CCCCC3)n2)cc1. The molecular formula is C14H19ClN6O2. The van der Waals surface area contributed by atoms with Crippen molar-refractivity contribution in [3.63, 3.8) is 0 Å². The smallest absolute Gasteiger partial charge is 0.269 e. The summed E-state index contributed by atoms with van der Waals surface area (Å²) in [5.41, 5.74) is 0.788. The van der Waals surface area contributed by atoms with E-state index < -0.39 is 4.92 Å². The van der Waals surface area contributed by atoms with Crippen molar-refractivity contribution >= 4 is 18.1 Å². The van der Waals surface area contributed by atoms with Crippen molar-refractivity contribution in [2.45, 2.75) is 25.8 Å². The number of rotatable bonds is 5. The number of nitro groups is 1. The van der Waals surface area contributed by atoms with E-state index in [0.29, 0.717) is 12.4 Å². The first kappa shape index (κ1) is 17.3. The van der Waals surface area contributed by atoms with E-state index in [2.05, 4.69) is 20.3 Å². The number of nitrogens with zero attached hydrogens (tertiary/aromatic N) is 6. The second kappa shape index (κ2) is 7.98. The summed E-state index contributed by atoms with van der Waals surface area (Å²) in [5.74, 6) is 0.494. The number of tetrazole rings is 1. The highest BCUT2D eigenvalue weighted by molar-refractivity contribution is 5.85. The lowest BCUT2D eigenvalue weighted by atomic mass is 10.1. The Morgan fingerprint density at radius 2 is 1.78 bits per heavy atom. The molecule has 1 aromatic carbocycles. The van der Waals surface area contributed by atoms with Gasteiger partial charge in [-0.2, -0.15) is 4.80 Å². The predicted octanol–water partition coefficient (Wildman–Crippen LogP) is 2.16. The minimum atomic E-state index is -0.424. The zero-order chi connectivity index (χ0) is 15.4. The number of likely N-dealkylation sites (tertiary alicyclic amines) is 1. The van der Waals surface area contributed by atoms with Crippen molar-refractivity contribution in [3.8, 4) is 11.4 Å². The fourth-order valence-electron chi connectivity index (χ4n) is 2.60. The maximum absolute atomic E-state index is 10.6. The molecule has 0 atom stereocenters. The van der Waals surface area contributed by atoms with Crippen LogP contribution in [0.3, 0.4) is 0 Å². The summed E-state index contributed by atoms with van der Waals surface area (Å²) >= 11 is 0. The van der Waals surface area contributed by atoms with E-state index in [4.69, 9.17) is 0 Å². The minimum Gasteiger partial charge on any atom is -0.301 e. The van der Waals surface area contributed by atoms with Gasteiger partial charge in [-0.25, -0.2) is 0 Å². The van der Waals surface area contributed by atoms with Crippen molar-refractivity contribution in [2.24, 2.45) is 0 Å². The summed E-state index contributed by atoms with van der Waals surface area (Å²) in [4.78, 5) is 14.2. The maximum atomic E-state index is 10.6. The van der Waals surface area contributed by atoms with Crippen LogP contribution in [0.4, 0.5) is 5.69 Å². The normalized spacial score (nSPS) is 15.1. The Morgan fingerprint density at radius 1 is 1.09 bits per heavy atom. The predicted molar refractivity (Wildman–Crippen MR) is 87.4 cm³/mol. The van der Waals surface area contributed by atoms with Gasteiger partial charge in [0.15, 0.2) is 0 Å². The average Bonchev–Trinajstić information content (AvgIpc) is 3.03. The molecule has 1 aliphatic rings. The van der Waals surface area contributed by atoms with Gasteiger partial charge in [0.2, 0.25) is 5.82 Å². The Hall–Kier alpha value is -2.06. The van der Waals surface area contributed by atoms with Crippen LogP contribution in [0.25, 0.3) is 11.4 Å². The molecule has 0 bridgehead atoms. The highest BCUT2D eigenvalue weighted by atomic mass is 35.5. The van der Waals surface area contributed by atoms with Crippen LogP contribution < -0.4 is 0 Å². The van der Waals surface area contributed by atoms with Crippen LogP contribution in [0.1, 0.15) is 19.3 Å². The topological polar surface area (TPSA) is 90.0 Å². The molecule has 1 fully saturated rings. The zero-order valence-electron chi connectivity index (χ0n) is 12.7. The highest BCUT2D eigenvalue weighted by Crippen LogP contribution is 2.18. The lowest BCUT2D eigenvalue weighted by molar-refractivity contribution is -0.384. The van der Waals surface area contributed by atoms with Gasteiger partial charge in [-0.15, -0.1) is 22.6 Å². The molecule has 0 radical (unpaired) electrons. The number of aromatic nitrogens is 4. The third-order valence-electron chi connectivity index (χ3n) is 3.85. The molecule has 2 heterocycles. The standard InChI is InChI=1S/C14H18N6O2.ClH/c21-20(22)13-6-4-12(5-7-13)14-15-17-19(16-14)11-10-18-8-2-1-3-9-18;/h4-7H,1-3,8-11H2;1H. The largest absolute Gasteiger partial charge is 0.301 e. The van der Waals surface area contributed by atoms with Crippen molar-refractivity contribution in [1.29, 1.82) is 0 Å². The lowest BCUT2D eigenvalue weighted by Crippen LogP contribution is -2.33. The van der Waals surface area contributed by atoms with Crippen molar-refractivity contribution in [2.75, 3.05) is 19.6 Å². The molecule has 0 amide bonds. The Balaban J connectivity index is 0.00000192. The second-order valence-corrected chi connectivity index (χ2v) is 5.42. The third-order valence-corrected chi connectivity index (χ3v) is 3.85. The molecule has 2 aromatic rings. The molecule has 0 N–H and O–H groups in total. The van der Waals surface area contributed by atoms with E-state index in [1.165, 1.54) is 31.4 Å². The molecule has 124 valence electrons. The number of hydrogen-bond donors (Lipinski definition) is 0. The lowest BCUT2D eigenvalue weighted by Gasteiger charge is -2.25. The Kier molecular flexibility index (Phi) is 6.00. The third kappa shape index (κ3) is 4.46. The van der Waals surface area contributed by atoms with Gasteiger partial charge >= 0.3 is 0 Å². The zero-order valence-corrected chi connectivity index (χ0v) is 13.5. The summed E-state index contributed by atoms with van der Waals surface area (Å²) in [5, 5.41) is 23.0. The fraction of sp³-hybridized carbons (Fsp3) is 0.500. The minimum absolute atomic E-state index is 0. The van der Waals surface area contributed by atoms with E-state index in [1.807, 2.05) is 0 Å². The van der Waals surface area contributed by atoms with Crippen molar-refractivity contribution < 1.29 is 4.92 Å². The molecule has 1 aromatic heterocycles. The molecule has 0 saturated carbocycles. The number of halogens is 1. The van der Waals surface area contributed by atoms with Gasteiger partial charge in [0.05, 0.1) is 11.5 Å². The second-order valence-electron chi connectivity index (χ2n) is 5.42. The molecule has 23 heavy (non-hydrogen) atoms. The molecule has 9 heteroatoms. The van der Waals surface area contributed by atoms with E-state index >= 15 is 0 Å². The van der Waals surface area contributed by atoms with Crippen LogP contribution in [0.15, 0.2) is 24.3 Å². The average molecular weight is 339 g/mol. The molecule has 1 saturated heterocycles. The number of piperidine rings is 1. The van der Waals surface area contributed by atoms with Gasteiger partial charge in [-0.05, 0) is 43.3 Å². The van der Waals surface area contributed by atoms with E-state index in [0.717, 1.165) is 25.2 Å². The molecule has 3 rings (SSSR count). The summed E-state index contributed by atoms with van der Waals surface area (Å²) in [6.07, 6.45) is 3.85. The molecule has 0 spiro atoms. The number of nitro benzene ring substituents is 1. The number of hydrogen-bond acceptors (Lipinski definition) is 6. The van der Waals surface area contributed by atoms with Crippen LogP contribution in [-0.4, -0.2) is 49.7 Å². The van der Waals surface area contributed by atoms with E-state index in [-0.39, 0.29) is 18.1 Å². The first-order valence-corrected chi connectivity index (χ1v) is 7.47. The monoisotopic (exact) mass is 338 g/mol. The summed E-state index contributed by atoms with van der Waals surface area (Å²) in [6.45, 7) is 3.92. The van der Waals surface area contributed by atoms with E-state index in [1.54, 1.807) is 16.9 Å². The van der Waals surface area contributed by atoms with Gasteiger partial charge in [0, 0.05) is 24.2 Å². The van der Waals surface area contributed by atoms with Crippen LogP contribution in [0, 0.1) is 10.1 Å². The molecule has 1 aliphatic heterocycles. The Bertz CT molecular complexity index is 639. The quantitative estimate of drug-likeness (QED) is 0.613. The first-order chi connectivity index (χ1) is 10.7. The Labute approximate surface area is 140 Å². The van der Waals surface area contributed by atoms with Gasteiger partial charge in [0.1, 0.15) is 0 Å². The van der Waals surface area contributed by atoms with Gasteiger partial charge in [-0.3, -0.25) is 10.1 Å². The number of benzene rings is 1. The van der Waals surface area contributed by atoms with Gasteiger partial charge < -0.3 is 4.90 Å². The maximum Gasteiger partial charge on any atom is 0.269 e. The molecule has 8 nitrogen and oxygen atoms in total. The molecular weight excluding hydrogens is 320 g/mol. The Morgan fingerprint density at radius 3 is 2.43 bits per heavy atom. The van der Waals surface area contributed by atoms with Gasteiger partial charge in [0.25, 0.3) is 5.69 Å². The van der Waals surface area contributed by atoms with Crippen LogP contribution in [0.2, 0.25) is 0 Å².